The molecule has 9 heavy (non-hydrogen) atoms. The Morgan fingerprint density at radius 2 is 1.67 bits per heavy atom. The minimum atomic E-state index is -2.13. The molecule has 0 saturated heterocycles. The zero-order valence-electron chi connectivity index (χ0n) is 4.54. The summed E-state index contributed by atoms with van der Waals surface area (Å²) in [6, 6.07) is 0. The summed E-state index contributed by atoms with van der Waals surface area (Å²) in [5.41, 5.74) is 0. The van der Waals surface area contributed by atoms with E-state index in [1.165, 1.54) is 0 Å². The maximum atomic E-state index is 9.31. The molecule has 0 aliphatic carbocycles. The van der Waals surface area contributed by atoms with Gasteiger partial charge in [0.2, 0.25) is 0 Å². The minimum Gasteiger partial charge on any atom is -0.661 e. The summed E-state index contributed by atoms with van der Waals surface area (Å²) in [5.74, 6) is -4.03. The first-order chi connectivity index (χ1) is 3.18. The van der Waals surface area contributed by atoms with Crippen LogP contribution in [0, 0.1) is 0 Å². The van der Waals surface area contributed by atoms with Gasteiger partial charge in [-0.3, -0.25) is 0 Å². The summed E-state index contributed by atoms with van der Waals surface area (Å²) >= 11 is 0. The second-order valence-corrected chi connectivity index (χ2v) is 0.658. The second kappa shape index (κ2) is 9.25. The van der Waals surface area contributed by atoms with Crippen LogP contribution < -0.4 is 61.7 Å². The molecular formula is C2KO5Ti+3. The molecule has 0 aliphatic heterocycles. The predicted octanol–water partition coefficient (Wildman–Crippen LogP) is -6.44. The van der Waals surface area contributed by atoms with Crippen molar-refractivity contribution in [2.45, 2.75) is 0 Å². The molecule has 40 valence electrons. The van der Waals surface area contributed by atoms with Crippen molar-refractivity contribution in [1.82, 2.24) is 0 Å². The molecule has 0 aromatic carbocycles. The molecule has 0 saturated carbocycles. The summed E-state index contributed by atoms with van der Waals surface area (Å²) < 4.78 is 0. The fourth-order valence-electron chi connectivity index (χ4n) is 0.0340. The molecule has 0 aromatic rings. The van der Waals surface area contributed by atoms with E-state index < -0.39 is 11.9 Å². The van der Waals surface area contributed by atoms with Crippen LogP contribution in [0.2, 0.25) is 0 Å². The summed E-state index contributed by atoms with van der Waals surface area (Å²) in [4.78, 5) is 20.9. The molecule has 5 nitrogen and oxygen atoms in total. The van der Waals surface area contributed by atoms with Gasteiger partial charge in [-0.05, 0) is 0 Å². The molecule has 0 radical (unpaired) electrons. The normalized spacial score (nSPS) is 5.89. The van der Waals surface area contributed by atoms with E-state index in [1.807, 2.05) is 0 Å². The first kappa shape index (κ1) is 16.7. The van der Waals surface area contributed by atoms with Gasteiger partial charge in [0.1, 0.15) is 0 Å². The fourth-order valence-corrected chi connectivity index (χ4v) is 0.0340. The van der Waals surface area contributed by atoms with Crippen molar-refractivity contribution in [3.8, 4) is 0 Å². The number of hydrogen-bond acceptors (Lipinski definition) is 5. The first-order valence-corrected chi connectivity index (χ1v) is 1.23. The SMILES string of the molecule is O=C([O-])C(=O)O[O-].[K+].[Ti+4]. The Balaban J connectivity index is -0.000000180. The molecule has 0 N–H and O–H groups in total. The summed E-state index contributed by atoms with van der Waals surface area (Å²) in [7, 11) is 0. The van der Waals surface area contributed by atoms with E-state index in [0.717, 1.165) is 0 Å². The Morgan fingerprint density at radius 3 is 1.67 bits per heavy atom. The molecule has 0 aliphatic rings. The number of carbonyl (C=O) groups is 2. The first-order valence-electron chi connectivity index (χ1n) is 1.23. The van der Waals surface area contributed by atoms with Crippen molar-refractivity contribution in [1.29, 1.82) is 0 Å². The number of carboxylic acid groups (broad SMARTS) is 1. The molecule has 0 spiro atoms. The third-order valence-electron chi connectivity index (χ3n) is 0.242. The fraction of sp³-hybridized carbons (Fsp3) is 0. The van der Waals surface area contributed by atoms with Crippen LogP contribution in [0.3, 0.4) is 0 Å². The van der Waals surface area contributed by atoms with Gasteiger partial charge in [-0.15, -0.1) is 0 Å². The Morgan fingerprint density at radius 1 is 1.33 bits per heavy atom. The number of carboxylic acids is 1. The van der Waals surface area contributed by atoms with Crippen LogP contribution in [0.15, 0.2) is 0 Å². The van der Waals surface area contributed by atoms with Gasteiger partial charge in [0.15, 0.2) is 5.97 Å². The smallest absolute Gasteiger partial charge is 0.661 e. The molecule has 0 atom stereocenters. The van der Waals surface area contributed by atoms with Gasteiger partial charge < -0.3 is 20.0 Å². The van der Waals surface area contributed by atoms with Gasteiger partial charge in [-0.2, -0.15) is 0 Å². The quantitative estimate of drug-likeness (QED) is 0.164. The Kier molecular flexibility index (Phi) is 17.2. The van der Waals surface area contributed by atoms with Crippen LogP contribution >= 0.6 is 0 Å². The standard InChI is InChI=1S/C2H2O5.K.Ti/c3-1(4)2(5)7-6;;/h6H,(H,3,4);;/q;+1;+4/p-2. The van der Waals surface area contributed by atoms with Crippen molar-refractivity contribution in [3.05, 3.63) is 0 Å². The second-order valence-electron chi connectivity index (χ2n) is 0.658. The molecule has 0 fully saturated rings. The molecule has 0 amide bonds. The van der Waals surface area contributed by atoms with Crippen LogP contribution in [-0.2, 0) is 36.2 Å². The van der Waals surface area contributed by atoms with Crippen LogP contribution in [0.4, 0.5) is 0 Å². The third-order valence-corrected chi connectivity index (χ3v) is 0.242. The monoisotopic (exact) mass is 191 g/mol. The largest absolute Gasteiger partial charge is 4.00 e. The van der Waals surface area contributed by atoms with Crippen molar-refractivity contribution in [3.63, 3.8) is 0 Å². The van der Waals surface area contributed by atoms with Gasteiger partial charge in [-0.25, -0.2) is 4.79 Å². The van der Waals surface area contributed by atoms with Gasteiger partial charge in [-0.1, -0.05) is 0 Å². The van der Waals surface area contributed by atoms with Crippen molar-refractivity contribution < 1.29 is 97.9 Å². The van der Waals surface area contributed by atoms with Gasteiger partial charge in [0.05, 0.1) is 0 Å². The average molecular weight is 191 g/mol. The maximum Gasteiger partial charge on any atom is 4.00 e. The van der Waals surface area contributed by atoms with Crippen molar-refractivity contribution in [2.75, 3.05) is 0 Å². The molecule has 7 heteroatoms. The summed E-state index contributed by atoms with van der Waals surface area (Å²) in [5, 5.41) is 17.9. The van der Waals surface area contributed by atoms with E-state index in [-0.39, 0.29) is 73.1 Å². The average Bonchev–Trinajstić information content (AvgIpc) is 1.65. The molecule has 0 rings (SSSR count). The maximum absolute atomic E-state index is 9.31. The Bertz CT molecular complexity index is 103. The zero-order valence-corrected chi connectivity index (χ0v) is 9.23. The number of hydrogen-bond donors (Lipinski definition) is 0. The summed E-state index contributed by atoms with van der Waals surface area (Å²) in [6.07, 6.45) is 0. The number of rotatable bonds is 0. The Labute approximate surface area is 108 Å². The van der Waals surface area contributed by atoms with E-state index >= 15 is 0 Å². The van der Waals surface area contributed by atoms with Crippen LogP contribution in [0.5, 0.6) is 0 Å². The minimum absolute atomic E-state index is 0. The van der Waals surface area contributed by atoms with Crippen molar-refractivity contribution in [2.24, 2.45) is 0 Å². The van der Waals surface area contributed by atoms with E-state index in [4.69, 9.17) is 15.2 Å². The summed E-state index contributed by atoms with van der Waals surface area (Å²) in [6.45, 7) is 0. The van der Waals surface area contributed by atoms with E-state index in [0.29, 0.717) is 0 Å². The van der Waals surface area contributed by atoms with Gasteiger partial charge in [0.25, 0.3) is 0 Å². The molecule has 0 bridgehead atoms. The van der Waals surface area contributed by atoms with E-state index in [2.05, 4.69) is 4.89 Å². The molecule has 0 unspecified atom stereocenters. The molecule has 0 heterocycles. The zero-order chi connectivity index (χ0) is 5.86. The van der Waals surface area contributed by atoms with Gasteiger partial charge >= 0.3 is 79.1 Å². The van der Waals surface area contributed by atoms with Crippen LogP contribution in [0.1, 0.15) is 0 Å². The topological polar surface area (TPSA) is 89.5 Å². The van der Waals surface area contributed by atoms with Crippen LogP contribution in [-0.4, -0.2) is 11.9 Å². The van der Waals surface area contributed by atoms with Gasteiger partial charge in [0, 0.05) is 0 Å². The Hall–Kier alpha value is 1.25. The van der Waals surface area contributed by atoms with Crippen molar-refractivity contribution >= 4 is 11.9 Å². The number of carbonyl (C=O) groups excluding carboxylic acids is 2. The third kappa shape index (κ3) is 9.25. The van der Waals surface area contributed by atoms with Crippen LogP contribution in [0.25, 0.3) is 0 Å². The van der Waals surface area contributed by atoms with E-state index in [1.54, 1.807) is 0 Å². The predicted molar refractivity (Wildman–Crippen MR) is 11.1 cm³/mol. The molecule has 0 aromatic heterocycles. The molecular weight excluding hydrogens is 191 g/mol. The van der Waals surface area contributed by atoms with E-state index in [9.17, 15) is 4.79 Å². The number of aliphatic carboxylic acids is 1.